The summed E-state index contributed by atoms with van der Waals surface area (Å²) >= 11 is 3.38. The molecule has 1 fully saturated rings. The van der Waals surface area contributed by atoms with Gasteiger partial charge in [0.2, 0.25) is 0 Å². The van der Waals surface area contributed by atoms with Gasteiger partial charge in [-0.15, -0.1) is 0 Å². The van der Waals surface area contributed by atoms with Crippen LogP contribution in [-0.2, 0) is 10.2 Å². The molecule has 4 heteroatoms. The molecule has 0 amide bonds. The van der Waals surface area contributed by atoms with Crippen LogP contribution < -0.4 is 4.74 Å². The zero-order valence-electron chi connectivity index (χ0n) is 9.00. The zero-order valence-corrected chi connectivity index (χ0v) is 10.6. The Hall–Kier alpha value is -1.03. The van der Waals surface area contributed by atoms with Crippen molar-refractivity contribution in [2.24, 2.45) is 0 Å². The lowest BCUT2D eigenvalue weighted by Gasteiger charge is -2.38. The SMILES string of the molecule is COc1ccc(C2(C(=O)O)CCC2)cc1Br. The van der Waals surface area contributed by atoms with Crippen molar-refractivity contribution in [1.29, 1.82) is 0 Å². The van der Waals surface area contributed by atoms with Crippen LogP contribution in [0.15, 0.2) is 22.7 Å². The van der Waals surface area contributed by atoms with Crippen molar-refractivity contribution in [1.82, 2.24) is 0 Å². The third-order valence-electron chi connectivity index (χ3n) is 3.32. The average molecular weight is 285 g/mol. The molecule has 1 aliphatic carbocycles. The Balaban J connectivity index is 2.40. The number of carboxylic acids is 1. The molecule has 0 bridgehead atoms. The van der Waals surface area contributed by atoms with Crippen LogP contribution in [0.25, 0.3) is 0 Å². The van der Waals surface area contributed by atoms with Crippen molar-refractivity contribution in [3.8, 4) is 5.75 Å². The highest BCUT2D eigenvalue weighted by atomic mass is 79.9. The largest absolute Gasteiger partial charge is 0.496 e. The Morgan fingerprint density at radius 1 is 1.50 bits per heavy atom. The standard InChI is InChI=1S/C12H13BrO3/c1-16-10-4-3-8(7-9(10)13)12(11(14)15)5-2-6-12/h3-4,7H,2,5-6H2,1H3,(H,14,15). The normalized spacial score (nSPS) is 17.6. The van der Waals surface area contributed by atoms with Crippen molar-refractivity contribution in [2.75, 3.05) is 7.11 Å². The molecular formula is C12H13BrO3. The van der Waals surface area contributed by atoms with E-state index in [1.165, 1.54) is 0 Å². The second-order valence-electron chi connectivity index (χ2n) is 4.09. The van der Waals surface area contributed by atoms with Crippen molar-refractivity contribution < 1.29 is 14.6 Å². The topological polar surface area (TPSA) is 46.5 Å². The smallest absolute Gasteiger partial charge is 0.314 e. The van der Waals surface area contributed by atoms with E-state index >= 15 is 0 Å². The molecule has 1 aromatic carbocycles. The van der Waals surface area contributed by atoms with Crippen LogP contribution in [0.2, 0.25) is 0 Å². The maximum absolute atomic E-state index is 11.3. The lowest BCUT2D eigenvalue weighted by Crippen LogP contribution is -2.42. The number of hydrogen-bond donors (Lipinski definition) is 1. The predicted octanol–water partition coefficient (Wildman–Crippen LogP) is 2.96. The van der Waals surface area contributed by atoms with Crippen molar-refractivity contribution in [2.45, 2.75) is 24.7 Å². The fraction of sp³-hybridized carbons (Fsp3) is 0.417. The summed E-state index contributed by atoms with van der Waals surface area (Å²) in [6.45, 7) is 0. The van der Waals surface area contributed by atoms with E-state index < -0.39 is 11.4 Å². The first kappa shape index (κ1) is 11.5. The number of ether oxygens (including phenoxy) is 1. The highest BCUT2D eigenvalue weighted by molar-refractivity contribution is 9.10. The minimum atomic E-state index is -0.726. The lowest BCUT2D eigenvalue weighted by atomic mass is 9.64. The summed E-state index contributed by atoms with van der Waals surface area (Å²) in [6.07, 6.45) is 2.43. The average Bonchev–Trinajstić information content (AvgIpc) is 2.15. The van der Waals surface area contributed by atoms with Gasteiger partial charge in [-0.25, -0.2) is 0 Å². The molecule has 0 saturated heterocycles. The Morgan fingerprint density at radius 3 is 2.56 bits per heavy atom. The van der Waals surface area contributed by atoms with Gasteiger partial charge < -0.3 is 9.84 Å². The number of carbonyl (C=O) groups is 1. The lowest BCUT2D eigenvalue weighted by molar-refractivity contribution is -0.147. The van der Waals surface area contributed by atoms with E-state index in [0.717, 1.165) is 35.0 Å². The molecule has 3 nitrogen and oxygen atoms in total. The molecule has 0 radical (unpaired) electrons. The van der Waals surface area contributed by atoms with Crippen molar-refractivity contribution in [3.05, 3.63) is 28.2 Å². The van der Waals surface area contributed by atoms with Crippen LogP contribution in [0.5, 0.6) is 5.75 Å². The van der Waals surface area contributed by atoms with Crippen LogP contribution >= 0.6 is 15.9 Å². The fourth-order valence-corrected chi connectivity index (χ4v) is 2.66. The molecule has 16 heavy (non-hydrogen) atoms. The molecule has 0 heterocycles. The molecule has 1 saturated carbocycles. The molecular weight excluding hydrogens is 272 g/mol. The molecule has 86 valence electrons. The maximum atomic E-state index is 11.3. The van der Waals surface area contributed by atoms with E-state index in [9.17, 15) is 9.90 Å². The quantitative estimate of drug-likeness (QED) is 0.928. The summed E-state index contributed by atoms with van der Waals surface area (Å²) in [5.74, 6) is -0.000529. The predicted molar refractivity (Wildman–Crippen MR) is 63.9 cm³/mol. The third-order valence-corrected chi connectivity index (χ3v) is 3.94. The Kier molecular flexibility index (Phi) is 2.93. The van der Waals surface area contributed by atoms with Gasteiger partial charge in [0.05, 0.1) is 17.0 Å². The van der Waals surface area contributed by atoms with Gasteiger partial charge in [0.15, 0.2) is 0 Å². The van der Waals surface area contributed by atoms with E-state index in [1.807, 2.05) is 18.2 Å². The van der Waals surface area contributed by atoms with Crippen LogP contribution in [0.1, 0.15) is 24.8 Å². The van der Waals surface area contributed by atoms with Gasteiger partial charge in [-0.2, -0.15) is 0 Å². The van der Waals surface area contributed by atoms with Gasteiger partial charge >= 0.3 is 5.97 Å². The number of hydrogen-bond acceptors (Lipinski definition) is 2. The second kappa shape index (κ2) is 4.09. The van der Waals surface area contributed by atoms with Gasteiger partial charge in [-0.3, -0.25) is 4.79 Å². The van der Waals surface area contributed by atoms with Crippen LogP contribution in [0, 0.1) is 0 Å². The van der Waals surface area contributed by atoms with Gasteiger partial charge in [0, 0.05) is 0 Å². The summed E-state index contributed by atoms with van der Waals surface area (Å²) in [7, 11) is 1.59. The molecule has 0 unspecified atom stereocenters. The first-order chi connectivity index (χ1) is 7.60. The Bertz CT molecular complexity index is 424. The molecule has 0 aromatic heterocycles. The molecule has 0 aliphatic heterocycles. The van der Waals surface area contributed by atoms with E-state index in [0.29, 0.717) is 0 Å². The van der Waals surface area contributed by atoms with E-state index in [1.54, 1.807) is 7.11 Å². The van der Waals surface area contributed by atoms with Crippen LogP contribution in [0.3, 0.4) is 0 Å². The maximum Gasteiger partial charge on any atom is 0.314 e. The molecule has 1 N–H and O–H groups in total. The monoisotopic (exact) mass is 284 g/mol. The van der Waals surface area contributed by atoms with Crippen molar-refractivity contribution in [3.63, 3.8) is 0 Å². The van der Waals surface area contributed by atoms with Gasteiger partial charge in [-0.05, 0) is 46.5 Å². The molecule has 1 aliphatic rings. The number of methoxy groups -OCH3 is 1. The van der Waals surface area contributed by atoms with E-state index in [-0.39, 0.29) is 0 Å². The first-order valence-electron chi connectivity index (χ1n) is 5.17. The van der Waals surface area contributed by atoms with Crippen molar-refractivity contribution >= 4 is 21.9 Å². The summed E-state index contributed by atoms with van der Waals surface area (Å²) in [4.78, 5) is 11.3. The van der Waals surface area contributed by atoms with Gasteiger partial charge in [0.25, 0.3) is 0 Å². The second-order valence-corrected chi connectivity index (χ2v) is 4.94. The number of carboxylic acid groups (broad SMARTS) is 1. The zero-order chi connectivity index (χ0) is 11.8. The first-order valence-corrected chi connectivity index (χ1v) is 5.97. The number of rotatable bonds is 3. The molecule has 1 aromatic rings. The highest BCUT2D eigenvalue weighted by Gasteiger charge is 2.46. The van der Waals surface area contributed by atoms with E-state index in [2.05, 4.69) is 15.9 Å². The molecule has 2 rings (SSSR count). The summed E-state index contributed by atoms with van der Waals surface area (Å²) in [6, 6.07) is 5.51. The van der Waals surface area contributed by atoms with Crippen LogP contribution in [-0.4, -0.2) is 18.2 Å². The number of benzene rings is 1. The highest BCUT2D eigenvalue weighted by Crippen LogP contribution is 2.45. The third kappa shape index (κ3) is 1.61. The Morgan fingerprint density at radius 2 is 2.19 bits per heavy atom. The number of halogens is 1. The number of aliphatic carboxylic acids is 1. The van der Waals surface area contributed by atoms with Gasteiger partial charge in [-0.1, -0.05) is 12.5 Å². The summed E-state index contributed by atoms with van der Waals surface area (Å²) in [5.41, 5.74) is 0.188. The molecule has 0 atom stereocenters. The Labute approximate surface area is 103 Å². The van der Waals surface area contributed by atoms with Crippen LogP contribution in [0.4, 0.5) is 0 Å². The summed E-state index contributed by atoms with van der Waals surface area (Å²) in [5, 5.41) is 9.31. The van der Waals surface area contributed by atoms with Gasteiger partial charge in [0.1, 0.15) is 5.75 Å². The minimum Gasteiger partial charge on any atom is -0.496 e. The van der Waals surface area contributed by atoms with E-state index in [4.69, 9.17) is 4.74 Å². The summed E-state index contributed by atoms with van der Waals surface area (Å²) < 4.78 is 5.94. The fourth-order valence-electron chi connectivity index (χ4n) is 2.12. The minimum absolute atomic E-state index is 0.672. The molecule has 0 spiro atoms.